The zero-order valence-corrected chi connectivity index (χ0v) is 17.2. The quantitative estimate of drug-likeness (QED) is 0.628. The van der Waals surface area contributed by atoms with E-state index in [4.69, 9.17) is 4.74 Å². The van der Waals surface area contributed by atoms with Crippen molar-refractivity contribution in [2.45, 2.75) is 52.6 Å². The van der Waals surface area contributed by atoms with Crippen LogP contribution in [0.25, 0.3) is 0 Å². The molecule has 0 heterocycles. The molecule has 0 unspecified atom stereocenters. The van der Waals surface area contributed by atoms with Crippen molar-refractivity contribution in [1.29, 1.82) is 0 Å². The number of amides is 2. The fourth-order valence-corrected chi connectivity index (χ4v) is 2.42. The number of ether oxygens (including phenoxy) is 1. The van der Waals surface area contributed by atoms with Gasteiger partial charge in [-0.1, -0.05) is 26.8 Å². The molecule has 0 spiro atoms. The van der Waals surface area contributed by atoms with E-state index in [1.807, 2.05) is 6.07 Å². The first-order valence-electron chi connectivity index (χ1n) is 9.10. The molecule has 2 rings (SSSR count). The highest BCUT2D eigenvalue weighted by Gasteiger charge is 2.18. The van der Waals surface area contributed by atoms with Crippen LogP contribution in [0.1, 0.15) is 57.5 Å². The van der Waals surface area contributed by atoms with Crippen molar-refractivity contribution in [2.24, 2.45) is 0 Å². The fourth-order valence-electron chi connectivity index (χ4n) is 2.42. The number of anilines is 2. The summed E-state index contributed by atoms with van der Waals surface area (Å²) in [5, 5.41) is 15.4. The highest BCUT2D eigenvalue weighted by atomic mass is 16.6. The SMILES string of the molecule is CC(C)(C)OC(=O)Nc1ccc(C(=O)Nc2cc(C(C)(C)C)ccc2O)cc1. The molecule has 0 saturated carbocycles. The molecule has 3 N–H and O–H groups in total. The molecule has 0 radical (unpaired) electrons. The number of phenols is 1. The molecule has 0 aliphatic heterocycles. The summed E-state index contributed by atoms with van der Waals surface area (Å²) in [6.45, 7) is 11.5. The number of carbonyl (C=O) groups is 2. The van der Waals surface area contributed by atoms with E-state index in [1.54, 1.807) is 57.2 Å². The van der Waals surface area contributed by atoms with E-state index in [0.29, 0.717) is 16.9 Å². The van der Waals surface area contributed by atoms with Gasteiger partial charge < -0.3 is 15.2 Å². The first-order chi connectivity index (χ1) is 12.8. The Kier molecular flexibility index (Phi) is 6.02. The molecule has 6 nitrogen and oxygen atoms in total. The van der Waals surface area contributed by atoms with Crippen LogP contribution in [0.3, 0.4) is 0 Å². The second-order valence-corrected chi connectivity index (χ2v) is 8.64. The summed E-state index contributed by atoms with van der Waals surface area (Å²) < 4.78 is 5.19. The van der Waals surface area contributed by atoms with E-state index in [1.165, 1.54) is 0 Å². The minimum Gasteiger partial charge on any atom is -0.506 e. The lowest BCUT2D eigenvalue weighted by atomic mass is 9.87. The first-order valence-corrected chi connectivity index (χ1v) is 9.10. The van der Waals surface area contributed by atoms with Crippen LogP contribution in [0.5, 0.6) is 5.75 Å². The van der Waals surface area contributed by atoms with Gasteiger partial charge in [-0.2, -0.15) is 0 Å². The molecule has 28 heavy (non-hydrogen) atoms. The Bertz CT molecular complexity index is 860. The summed E-state index contributed by atoms with van der Waals surface area (Å²) in [7, 11) is 0. The maximum atomic E-state index is 12.5. The van der Waals surface area contributed by atoms with Gasteiger partial charge in [-0.25, -0.2) is 4.79 Å². The molecule has 2 aromatic rings. The Labute approximate surface area is 165 Å². The van der Waals surface area contributed by atoms with E-state index in [-0.39, 0.29) is 17.1 Å². The van der Waals surface area contributed by atoms with Crippen molar-refractivity contribution < 1.29 is 19.4 Å². The predicted octanol–water partition coefficient (Wildman–Crippen LogP) is 5.29. The van der Waals surface area contributed by atoms with Crippen LogP contribution in [-0.2, 0) is 10.2 Å². The second-order valence-electron chi connectivity index (χ2n) is 8.64. The van der Waals surface area contributed by atoms with Crippen LogP contribution in [0.15, 0.2) is 42.5 Å². The third kappa shape index (κ3) is 6.01. The van der Waals surface area contributed by atoms with E-state index >= 15 is 0 Å². The molecule has 0 aromatic heterocycles. The Morgan fingerprint density at radius 1 is 0.893 bits per heavy atom. The highest BCUT2D eigenvalue weighted by molar-refractivity contribution is 6.05. The summed E-state index contributed by atoms with van der Waals surface area (Å²) in [6.07, 6.45) is -0.561. The maximum Gasteiger partial charge on any atom is 0.412 e. The van der Waals surface area contributed by atoms with E-state index in [9.17, 15) is 14.7 Å². The van der Waals surface area contributed by atoms with Crippen molar-refractivity contribution in [3.63, 3.8) is 0 Å². The van der Waals surface area contributed by atoms with Crippen LogP contribution in [0, 0.1) is 0 Å². The number of benzene rings is 2. The van der Waals surface area contributed by atoms with E-state index < -0.39 is 11.7 Å². The summed E-state index contributed by atoms with van der Waals surface area (Å²) in [5.41, 5.74) is 1.57. The third-order valence-corrected chi connectivity index (χ3v) is 3.90. The molecular formula is C22H28N2O4. The second kappa shape index (κ2) is 7.92. The lowest BCUT2D eigenvalue weighted by Crippen LogP contribution is -2.27. The number of hydrogen-bond donors (Lipinski definition) is 3. The topological polar surface area (TPSA) is 87.7 Å². The average molecular weight is 384 g/mol. The molecule has 2 amide bonds. The number of hydrogen-bond acceptors (Lipinski definition) is 4. The molecule has 6 heteroatoms. The minimum absolute atomic E-state index is 0.00422. The summed E-state index contributed by atoms with van der Waals surface area (Å²) in [5.74, 6) is -0.352. The number of rotatable bonds is 3. The maximum absolute atomic E-state index is 12.5. The van der Waals surface area contributed by atoms with Crippen molar-refractivity contribution in [3.05, 3.63) is 53.6 Å². The number of nitrogens with one attached hydrogen (secondary N) is 2. The lowest BCUT2D eigenvalue weighted by Gasteiger charge is -2.20. The largest absolute Gasteiger partial charge is 0.506 e. The van der Waals surface area contributed by atoms with Gasteiger partial charge in [0.15, 0.2) is 0 Å². The zero-order valence-electron chi connectivity index (χ0n) is 17.2. The summed E-state index contributed by atoms with van der Waals surface area (Å²) >= 11 is 0. The van der Waals surface area contributed by atoms with E-state index in [2.05, 4.69) is 31.4 Å². The Hall–Kier alpha value is -3.02. The molecule has 0 aliphatic rings. The van der Waals surface area contributed by atoms with Crippen molar-refractivity contribution in [1.82, 2.24) is 0 Å². The van der Waals surface area contributed by atoms with Gasteiger partial charge in [-0.3, -0.25) is 10.1 Å². The summed E-state index contributed by atoms with van der Waals surface area (Å²) in [4.78, 5) is 24.3. The standard InChI is InChI=1S/C22H28N2O4/c1-21(2,3)15-9-12-18(25)17(13-15)24-19(26)14-7-10-16(11-8-14)23-20(27)28-22(4,5)6/h7-13,25H,1-6H3,(H,23,27)(H,24,26). The first kappa shape index (κ1) is 21.3. The lowest BCUT2D eigenvalue weighted by molar-refractivity contribution is 0.0636. The monoisotopic (exact) mass is 384 g/mol. The number of phenolic OH excluding ortho intramolecular Hbond substituents is 1. The van der Waals surface area contributed by atoms with Crippen molar-refractivity contribution in [3.8, 4) is 5.75 Å². The Morgan fingerprint density at radius 2 is 1.50 bits per heavy atom. The number of aromatic hydroxyl groups is 1. The third-order valence-electron chi connectivity index (χ3n) is 3.90. The normalized spacial score (nSPS) is 11.6. The smallest absolute Gasteiger partial charge is 0.412 e. The van der Waals surface area contributed by atoms with Gasteiger partial charge in [0.05, 0.1) is 5.69 Å². The van der Waals surface area contributed by atoms with Gasteiger partial charge in [0.1, 0.15) is 11.4 Å². The van der Waals surface area contributed by atoms with Gasteiger partial charge in [-0.05, 0) is 68.1 Å². The van der Waals surface area contributed by atoms with Gasteiger partial charge in [0.25, 0.3) is 5.91 Å². The van der Waals surface area contributed by atoms with Gasteiger partial charge in [0, 0.05) is 11.3 Å². The van der Waals surface area contributed by atoms with Crippen LogP contribution in [0.4, 0.5) is 16.2 Å². The molecule has 2 aromatic carbocycles. The van der Waals surface area contributed by atoms with Crippen LogP contribution >= 0.6 is 0 Å². The van der Waals surface area contributed by atoms with Crippen LogP contribution in [0.2, 0.25) is 0 Å². The molecule has 0 aliphatic carbocycles. The molecular weight excluding hydrogens is 356 g/mol. The minimum atomic E-state index is -0.590. The average Bonchev–Trinajstić information content (AvgIpc) is 2.54. The molecule has 0 saturated heterocycles. The van der Waals surface area contributed by atoms with Gasteiger partial charge >= 0.3 is 6.09 Å². The predicted molar refractivity (Wildman–Crippen MR) is 111 cm³/mol. The highest BCUT2D eigenvalue weighted by Crippen LogP contribution is 2.31. The Balaban J connectivity index is 2.09. The van der Waals surface area contributed by atoms with Crippen molar-refractivity contribution >= 4 is 23.4 Å². The van der Waals surface area contributed by atoms with Gasteiger partial charge in [-0.15, -0.1) is 0 Å². The Morgan fingerprint density at radius 3 is 2.04 bits per heavy atom. The number of carbonyl (C=O) groups excluding carboxylic acids is 2. The molecule has 0 atom stereocenters. The summed E-state index contributed by atoms with van der Waals surface area (Å²) in [6, 6.07) is 11.6. The zero-order chi connectivity index (χ0) is 21.1. The van der Waals surface area contributed by atoms with Crippen LogP contribution in [-0.4, -0.2) is 22.7 Å². The molecule has 0 bridgehead atoms. The van der Waals surface area contributed by atoms with Gasteiger partial charge in [0.2, 0.25) is 0 Å². The van der Waals surface area contributed by atoms with Crippen LogP contribution < -0.4 is 10.6 Å². The molecule has 0 fully saturated rings. The van der Waals surface area contributed by atoms with E-state index in [0.717, 1.165) is 5.56 Å². The molecule has 150 valence electrons. The fraction of sp³-hybridized carbons (Fsp3) is 0.364. The van der Waals surface area contributed by atoms with Crippen molar-refractivity contribution in [2.75, 3.05) is 10.6 Å².